The number of rotatable bonds is 2. The van der Waals surface area contributed by atoms with Crippen molar-refractivity contribution in [3.63, 3.8) is 0 Å². The summed E-state index contributed by atoms with van der Waals surface area (Å²) in [5.41, 5.74) is 7.30. The Bertz CT molecular complexity index is 797. The molecule has 2 heterocycles. The molecule has 0 aliphatic rings. The molecule has 8 heteroatoms. The van der Waals surface area contributed by atoms with Gasteiger partial charge in [-0.1, -0.05) is 11.6 Å². The van der Waals surface area contributed by atoms with Gasteiger partial charge in [0, 0.05) is 15.5 Å². The first-order chi connectivity index (χ1) is 9.63. The van der Waals surface area contributed by atoms with E-state index in [4.69, 9.17) is 17.3 Å². The van der Waals surface area contributed by atoms with Gasteiger partial charge in [0.05, 0.1) is 16.7 Å². The molecule has 0 amide bonds. The molecule has 0 saturated carbocycles. The van der Waals surface area contributed by atoms with Crippen LogP contribution in [-0.4, -0.2) is 15.0 Å². The van der Waals surface area contributed by atoms with Crippen LogP contribution in [0.1, 0.15) is 0 Å². The number of aromatic nitrogens is 3. The number of nitrogens with zero attached hydrogens (tertiary/aromatic N) is 3. The summed E-state index contributed by atoms with van der Waals surface area (Å²) in [7, 11) is 0. The fourth-order valence-electron chi connectivity index (χ4n) is 1.79. The normalized spacial score (nSPS) is 10.2. The number of hydrogen-bond acceptors (Lipinski definition) is 5. The van der Waals surface area contributed by atoms with Crippen LogP contribution in [0.3, 0.4) is 0 Å². The zero-order valence-electron chi connectivity index (χ0n) is 10.5. The van der Waals surface area contributed by atoms with E-state index in [2.05, 4.69) is 36.2 Å². The fourth-order valence-corrected chi connectivity index (χ4v) is 2.28. The number of pyridine rings is 1. The van der Waals surface area contributed by atoms with Crippen molar-refractivity contribution < 1.29 is 0 Å². The van der Waals surface area contributed by atoms with E-state index in [0.29, 0.717) is 16.7 Å². The van der Waals surface area contributed by atoms with Gasteiger partial charge in [-0.25, -0.2) is 15.0 Å². The number of hydrogen-bond donors (Lipinski definition) is 2. The van der Waals surface area contributed by atoms with Gasteiger partial charge in [-0.3, -0.25) is 0 Å². The minimum atomic E-state index is 0. The molecule has 0 fully saturated rings. The van der Waals surface area contributed by atoms with Gasteiger partial charge < -0.3 is 11.1 Å². The maximum absolute atomic E-state index is 5.97. The highest BCUT2D eigenvalue weighted by Crippen LogP contribution is 2.29. The summed E-state index contributed by atoms with van der Waals surface area (Å²) in [4.78, 5) is 12.4. The Balaban J connectivity index is 0.00000161. The third-order valence-electron chi connectivity index (χ3n) is 2.73. The Kier molecular flexibility index (Phi) is 4.82. The second kappa shape index (κ2) is 6.43. The largest absolute Gasteiger partial charge is 0.384 e. The standard InChI is InChI=1S/C13H9BrClN5.ClH/c14-9-3-7(1-2-10(9)15)20-13-8-4-12(16)17-5-11(8)18-6-19-13;/h1-6H,(H2,16,17)(H,18,19,20);1H. The van der Waals surface area contributed by atoms with Crippen molar-refractivity contribution in [3.8, 4) is 0 Å². The molecule has 5 nitrogen and oxygen atoms in total. The molecule has 3 N–H and O–H groups in total. The molecule has 0 unspecified atom stereocenters. The highest BCUT2D eigenvalue weighted by molar-refractivity contribution is 9.10. The van der Waals surface area contributed by atoms with Gasteiger partial charge >= 0.3 is 0 Å². The summed E-state index contributed by atoms with van der Waals surface area (Å²) < 4.78 is 0.809. The lowest BCUT2D eigenvalue weighted by atomic mass is 10.2. The summed E-state index contributed by atoms with van der Waals surface area (Å²) in [6, 6.07) is 7.28. The summed E-state index contributed by atoms with van der Waals surface area (Å²) in [5, 5.41) is 4.68. The number of anilines is 3. The number of halogens is 3. The predicted octanol–water partition coefficient (Wildman–Crippen LogP) is 4.19. The van der Waals surface area contributed by atoms with Gasteiger partial charge in [0.25, 0.3) is 0 Å². The molecular weight excluding hydrogens is 377 g/mol. The third kappa shape index (κ3) is 3.34. The van der Waals surface area contributed by atoms with Crippen molar-refractivity contribution >= 4 is 68.2 Å². The second-order valence-corrected chi connectivity index (χ2v) is 5.36. The maximum Gasteiger partial charge on any atom is 0.141 e. The summed E-state index contributed by atoms with van der Waals surface area (Å²) in [6.45, 7) is 0. The van der Waals surface area contributed by atoms with Gasteiger partial charge in [0.1, 0.15) is 18.0 Å². The molecule has 21 heavy (non-hydrogen) atoms. The third-order valence-corrected chi connectivity index (χ3v) is 3.94. The van der Waals surface area contributed by atoms with E-state index in [1.165, 1.54) is 6.33 Å². The number of benzene rings is 1. The zero-order valence-corrected chi connectivity index (χ0v) is 13.7. The molecule has 3 rings (SSSR count). The van der Waals surface area contributed by atoms with Crippen LogP contribution in [0.4, 0.5) is 17.3 Å². The summed E-state index contributed by atoms with van der Waals surface area (Å²) in [5.74, 6) is 1.09. The molecule has 2 aromatic heterocycles. The van der Waals surface area contributed by atoms with Crippen LogP contribution in [0, 0.1) is 0 Å². The van der Waals surface area contributed by atoms with E-state index < -0.39 is 0 Å². The van der Waals surface area contributed by atoms with E-state index >= 15 is 0 Å². The first-order valence-electron chi connectivity index (χ1n) is 5.72. The molecule has 0 bridgehead atoms. The Morgan fingerprint density at radius 1 is 1.14 bits per heavy atom. The van der Waals surface area contributed by atoms with E-state index in [-0.39, 0.29) is 12.4 Å². The van der Waals surface area contributed by atoms with Crippen molar-refractivity contribution in [2.75, 3.05) is 11.1 Å². The molecule has 0 radical (unpaired) electrons. The van der Waals surface area contributed by atoms with Crippen LogP contribution in [0.15, 0.2) is 41.3 Å². The first-order valence-corrected chi connectivity index (χ1v) is 6.89. The van der Waals surface area contributed by atoms with Crippen molar-refractivity contribution in [2.45, 2.75) is 0 Å². The topological polar surface area (TPSA) is 76.7 Å². The zero-order chi connectivity index (χ0) is 14.1. The maximum atomic E-state index is 5.97. The smallest absolute Gasteiger partial charge is 0.141 e. The SMILES string of the molecule is Cl.Nc1cc2c(Nc3ccc(Cl)c(Br)c3)ncnc2cn1. The van der Waals surface area contributed by atoms with E-state index in [0.717, 1.165) is 21.1 Å². The molecule has 0 aliphatic heterocycles. The monoisotopic (exact) mass is 385 g/mol. The minimum absolute atomic E-state index is 0. The highest BCUT2D eigenvalue weighted by atomic mass is 79.9. The van der Waals surface area contributed by atoms with Gasteiger partial charge in [-0.15, -0.1) is 12.4 Å². The van der Waals surface area contributed by atoms with Gasteiger partial charge in [-0.2, -0.15) is 0 Å². The lowest BCUT2D eigenvalue weighted by Crippen LogP contribution is -1.98. The van der Waals surface area contributed by atoms with Crippen LogP contribution >= 0.6 is 39.9 Å². The van der Waals surface area contributed by atoms with Crippen LogP contribution in [-0.2, 0) is 0 Å². The van der Waals surface area contributed by atoms with Crippen molar-refractivity contribution in [3.05, 3.63) is 46.3 Å². The number of fused-ring (bicyclic) bond motifs is 1. The molecule has 0 spiro atoms. The molecule has 0 saturated heterocycles. The molecule has 108 valence electrons. The average Bonchev–Trinajstić information content (AvgIpc) is 2.44. The van der Waals surface area contributed by atoms with E-state index in [1.54, 1.807) is 18.3 Å². The lowest BCUT2D eigenvalue weighted by Gasteiger charge is -2.09. The van der Waals surface area contributed by atoms with Crippen molar-refractivity contribution in [1.82, 2.24) is 15.0 Å². The van der Waals surface area contributed by atoms with Gasteiger partial charge in [0.15, 0.2) is 0 Å². The first kappa shape index (κ1) is 15.8. The van der Waals surface area contributed by atoms with Crippen molar-refractivity contribution in [2.24, 2.45) is 0 Å². The Hall–Kier alpha value is -1.63. The molecule has 3 aromatic rings. The van der Waals surface area contributed by atoms with E-state index in [9.17, 15) is 0 Å². The second-order valence-electron chi connectivity index (χ2n) is 4.10. The minimum Gasteiger partial charge on any atom is -0.384 e. The Morgan fingerprint density at radius 2 is 1.95 bits per heavy atom. The highest BCUT2D eigenvalue weighted by Gasteiger charge is 2.06. The Morgan fingerprint density at radius 3 is 2.71 bits per heavy atom. The van der Waals surface area contributed by atoms with Crippen LogP contribution in [0.5, 0.6) is 0 Å². The number of nitrogens with two attached hydrogens (primary N) is 1. The quantitative estimate of drug-likeness (QED) is 0.690. The van der Waals surface area contributed by atoms with Crippen LogP contribution < -0.4 is 11.1 Å². The van der Waals surface area contributed by atoms with E-state index in [1.807, 2.05) is 12.1 Å². The average molecular weight is 387 g/mol. The molecular formula is C13H10BrCl2N5. The van der Waals surface area contributed by atoms with Crippen molar-refractivity contribution in [1.29, 1.82) is 0 Å². The molecule has 1 aromatic carbocycles. The fraction of sp³-hybridized carbons (Fsp3) is 0. The lowest BCUT2D eigenvalue weighted by molar-refractivity contribution is 1.20. The predicted molar refractivity (Wildman–Crippen MR) is 91.4 cm³/mol. The molecule has 0 atom stereocenters. The summed E-state index contributed by atoms with van der Waals surface area (Å²) >= 11 is 9.36. The van der Waals surface area contributed by atoms with Crippen LogP contribution in [0.25, 0.3) is 10.9 Å². The number of nitrogens with one attached hydrogen (secondary N) is 1. The Labute approximate surface area is 140 Å². The van der Waals surface area contributed by atoms with Gasteiger partial charge in [0.2, 0.25) is 0 Å². The summed E-state index contributed by atoms with van der Waals surface area (Å²) in [6.07, 6.45) is 3.10. The van der Waals surface area contributed by atoms with Gasteiger partial charge in [-0.05, 0) is 40.2 Å². The number of nitrogen functional groups attached to an aromatic ring is 1. The van der Waals surface area contributed by atoms with Crippen LogP contribution in [0.2, 0.25) is 5.02 Å². The molecule has 0 aliphatic carbocycles.